The van der Waals surface area contributed by atoms with Crippen LogP contribution in [0.5, 0.6) is 0 Å². The summed E-state index contributed by atoms with van der Waals surface area (Å²) in [4.78, 5) is 2.47. The van der Waals surface area contributed by atoms with E-state index in [1.807, 2.05) is 0 Å². The Morgan fingerprint density at radius 1 is 1.24 bits per heavy atom. The maximum Gasteiger partial charge on any atom is 0.0774 e. The minimum Gasteiger partial charge on any atom is -0.389 e. The lowest BCUT2D eigenvalue weighted by atomic mass is 9.96. The Morgan fingerprint density at radius 2 is 1.88 bits per heavy atom. The summed E-state index contributed by atoms with van der Waals surface area (Å²) in [5.74, 6) is 0.834. The Bertz CT molecular complexity index is 220. The summed E-state index contributed by atoms with van der Waals surface area (Å²) in [6.45, 7) is 7.72. The molecule has 0 aromatic carbocycles. The van der Waals surface area contributed by atoms with Gasteiger partial charge in [-0.1, -0.05) is 19.8 Å². The highest BCUT2D eigenvalue weighted by Gasteiger charge is 2.33. The van der Waals surface area contributed by atoms with Crippen LogP contribution >= 0.6 is 0 Å². The van der Waals surface area contributed by atoms with E-state index >= 15 is 0 Å². The molecule has 3 nitrogen and oxygen atoms in total. The fourth-order valence-electron chi connectivity index (χ4n) is 3.34. The summed E-state index contributed by atoms with van der Waals surface area (Å²) in [6.07, 6.45) is 7.04. The maximum atomic E-state index is 10.5. The second-order valence-corrected chi connectivity index (χ2v) is 5.95. The van der Waals surface area contributed by atoms with Gasteiger partial charge >= 0.3 is 0 Å². The molecule has 0 radical (unpaired) electrons. The lowest BCUT2D eigenvalue weighted by Gasteiger charge is -2.34. The molecule has 0 spiro atoms. The van der Waals surface area contributed by atoms with Crippen molar-refractivity contribution in [3.8, 4) is 0 Å². The van der Waals surface area contributed by atoms with Gasteiger partial charge in [-0.25, -0.2) is 0 Å². The molecule has 1 saturated heterocycles. The summed E-state index contributed by atoms with van der Waals surface area (Å²) in [6, 6.07) is 0. The molecule has 0 amide bonds. The molecule has 1 heterocycles. The molecule has 1 saturated carbocycles. The number of rotatable bonds is 5. The number of aliphatic hydroxyl groups is 1. The summed E-state index contributed by atoms with van der Waals surface area (Å²) < 4.78 is 0. The maximum absolute atomic E-state index is 10.5. The van der Waals surface area contributed by atoms with Crippen LogP contribution in [0.1, 0.15) is 45.4 Å². The van der Waals surface area contributed by atoms with Crippen LogP contribution in [-0.4, -0.2) is 48.3 Å². The minimum absolute atomic E-state index is 0.372. The van der Waals surface area contributed by atoms with E-state index in [2.05, 4.69) is 17.1 Å². The SMILES string of the molecule is CCN(CC1CCNCC1)CC1(O)CCCC1. The Labute approximate surface area is 106 Å². The fourth-order valence-corrected chi connectivity index (χ4v) is 3.34. The summed E-state index contributed by atoms with van der Waals surface area (Å²) >= 11 is 0. The Morgan fingerprint density at radius 3 is 2.47 bits per heavy atom. The number of likely N-dealkylation sites (N-methyl/N-ethyl adjacent to an activating group) is 1. The van der Waals surface area contributed by atoms with E-state index in [0.717, 1.165) is 31.8 Å². The molecule has 2 N–H and O–H groups in total. The first kappa shape index (κ1) is 13.3. The molecular formula is C14H28N2O. The van der Waals surface area contributed by atoms with Crippen molar-refractivity contribution in [3.63, 3.8) is 0 Å². The van der Waals surface area contributed by atoms with E-state index in [0.29, 0.717) is 0 Å². The smallest absolute Gasteiger partial charge is 0.0774 e. The summed E-state index contributed by atoms with van der Waals surface area (Å²) in [7, 11) is 0. The fraction of sp³-hybridized carbons (Fsp3) is 1.00. The molecule has 0 aromatic heterocycles. The zero-order valence-corrected chi connectivity index (χ0v) is 11.2. The molecular weight excluding hydrogens is 212 g/mol. The number of piperidine rings is 1. The van der Waals surface area contributed by atoms with Gasteiger partial charge in [0, 0.05) is 13.1 Å². The molecule has 100 valence electrons. The normalized spacial score (nSPS) is 25.6. The molecule has 0 bridgehead atoms. The van der Waals surface area contributed by atoms with Crippen LogP contribution in [-0.2, 0) is 0 Å². The lowest BCUT2D eigenvalue weighted by Crippen LogP contribution is -2.44. The molecule has 0 aromatic rings. The zero-order valence-electron chi connectivity index (χ0n) is 11.2. The Balaban J connectivity index is 1.79. The van der Waals surface area contributed by atoms with Crippen molar-refractivity contribution >= 4 is 0 Å². The second kappa shape index (κ2) is 6.17. The van der Waals surface area contributed by atoms with Crippen molar-refractivity contribution in [1.82, 2.24) is 10.2 Å². The molecule has 2 fully saturated rings. The van der Waals surface area contributed by atoms with E-state index in [1.165, 1.54) is 45.3 Å². The van der Waals surface area contributed by atoms with Gasteiger partial charge in [-0.05, 0) is 51.2 Å². The van der Waals surface area contributed by atoms with Gasteiger partial charge in [-0.2, -0.15) is 0 Å². The van der Waals surface area contributed by atoms with Gasteiger partial charge in [0.25, 0.3) is 0 Å². The van der Waals surface area contributed by atoms with Crippen molar-refractivity contribution in [2.45, 2.75) is 51.0 Å². The standard InChI is InChI=1S/C14H28N2O/c1-2-16(11-13-5-9-15-10-6-13)12-14(17)7-3-4-8-14/h13,15,17H,2-12H2,1H3. The molecule has 2 aliphatic rings. The zero-order chi connectivity index (χ0) is 12.1. The lowest BCUT2D eigenvalue weighted by molar-refractivity contribution is 0.00556. The van der Waals surface area contributed by atoms with Gasteiger partial charge in [0.15, 0.2) is 0 Å². The van der Waals surface area contributed by atoms with E-state index in [-0.39, 0.29) is 5.60 Å². The molecule has 1 aliphatic heterocycles. The van der Waals surface area contributed by atoms with Crippen LogP contribution in [0, 0.1) is 5.92 Å². The average Bonchev–Trinajstić information content (AvgIpc) is 2.76. The number of nitrogens with zero attached hydrogens (tertiary/aromatic N) is 1. The average molecular weight is 240 g/mol. The van der Waals surface area contributed by atoms with E-state index < -0.39 is 0 Å². The molecule has 17 heavy (non-hydrogen) atoms. The predicted molar refractivity (Wildman–Crippen MR) is 71.1 cm³/mol. The first-order chi connectivity index (χ1) is 8.22. The quantitative estimate of drug-likeness (QED) is 0.766. The first-order valence-electron chi connectivity index (χ1n) is 7.37. The van der Waals surface area contributed by atoms with Crippen molar-refractivity contribution in [1.29, 1.82) is 0 Å². The van der Waals surface area contributed by atoms with Gasteiger partial charge in [0.1, 0.15) is 0 Å². The predicted octanol–water partition coefficient (Wildman–Crippen LogP) is 1.61. The minimum atomic E-state index is -0.372. The molecule has 0 unspecified atom stereocenters. The van der Waals surface area contributed by atoms with Crippen molar-refractivity contribution in [3.05, 3.63) is 0 Å². The van der Waals surface area contributed by atoms with Gasteiger partial charge in [-0.15, -0.1) is 0 Å². The number of nitrogens with one attached hydrogen (secondary N) is 1. The third kappa shape index (κ3) is 3.94. The van der Waals surface area contributed by atoms with Crippen LogP contribution < -0.4 is 5.32 Å². The largest absolute Gasteiger partial charge is 0.389 e. The van der Waals surface area contributed by atoms with Crippen LogP contribution in [0.4, 0.5) is 0 Å². The van der Waals surface area contributed by atoms with E-state index in [1.54, 1.807) is 0 Å². The third-order valence-corrected chi connectivity index (χ3v) is 4.47. The topological polar surface area (TPSA) is 35.5 Å². The van der Waals surface area contributed by atoms with Crippen molar-refractivity contribution in [2.24, 2.45) is 5.92 Å². The van der Waals surface area contributed by atoms with Gasteiger partial charge < -0.3 is 15.3 Å². The molecule has 0 atom stereocenters. The molecule has 3 heteroatoms. The first-order valence-corrected chi connectivity index (χ1v) is 7.37. The van der Waals surface area contributed by atoms with E-state index in [4.69, 9.17) is 0 Å². The Hall–Kier alpha value is -0.120. The van der Waals surface area contributed by atoms with Crippen LogP contribution in [0.25, 0.3) is 0 Å². The molecule has 1 aliphatic carbocycles. The Kier molecular flexibility index (Phi) is 4.83. The monoisotopic (exact) mass is 240 g/mol. The number of hydrogen-bond donors (Lipinski definition) is 2. The number of hydrogen-bond acceptors (Lipinski definition) is 3. The van der Waals surface area contributed by atoms with Crippen molar-refractivity contribution < 1.29 is 5.11 Å². The summed E-state index contributed by atoms with van der Waals surface area (Å²) in [5, 5.41) is 13.9. The van der Waals surface area contributed by atoms with Gasteiger partial charge in [-0.3, -0.25) is 0 Å². The van der Waals surface area contributed by atoms with Gasteiger partial charge in [0.2, 0.25) is 0 Å². The highest BCUT2D eigenvalue weighted by Crippen LogP contribution is 2.30. The highest BCUT2D eigenvalue weighted by molar-refractivity contribution is 4.88. The second-order valence-electron chi connectivity index (χ2n) is 5.95. The van der Waals surface area contributed by atoms with Crippen molar-refractivity contribution in [2.75, 3.05) is 32.7 Å². The highest BCUT2D eigenvalue weighted by atomic mass is 16.3. The van der Waals surface area contributed by atoms with Crippen LogP contribution in [0.3, 0.4) is 0 Å². The van der Waals surface area contributed by atoms with Crippen LogP contribution in [0.2, 0.25) is 0 Å². The van der Waals surface area contributed by atoms with E-state index in [9.17, 15) is 5.11 Å². The third-order valence-electron chi connectivity index (χ3n) is 4.47. The van der Waals surface area contributed by atoms with Gasteiger partial charge in [0.05, 0.1) is 5.60 Å². The summed E-state index contributed by atoms with van der Waals surface area (Å²) in [5.41, 5.74) is -0.372. The molecule has 2 rings (SSSR count). The van der Waals surface area contributed by atoms with Crippen LogP contribution in [0.15, 0.2) is 0 Å².